The number of carbonyl (C=O) groups is 2. The van der Waals surface area contributed by atoms with Crippen molar-refractivity contribution in [3.8, 4) is 11.3 Å². The molecule has 0 aliphatic carbocycles. The molecule has 1 unspecified atom stereocenters. The van der Waals surface area contributed by atoms with Gasteiger partial charge in [0.15, 0.2) is 20.9 Å². The number of rotatable bonds is 10. The lowest BCUT2D eigenvalue weighted by molar-refractivity contribution is -0.202. The number of hydrogen-bond donors (Lipinski definition) is 1. The predicted molar refractivity (Wildman–Crippen MR) is 149 cm³/mol. The summed E-state index contributed by atoms with van der Waals surface area (Å²) in [5.74, 6) is -0.274. The number of likely N-dealkylation sites (N-methyl/N-ethyl adjacent to an activating group) is 1. The maximum absolute atomic E-state index is 13.8. The molecule has 2 aliphatic rings. The minimum Gasteiger partial charge on any atom is -0.381 e. The Hall–Kier alpha value is -2.86. The lowest BCUT2D eigenvalue weighted by Crippen LogP contribution is -2.56. The SMILES string of the molecule is CC(C)CN(C)C(=O)Cc1ccc(-c2ccc(S(=O)(=O)C3(C(=O)NOC4CCCCO4)CCOCC3)cn2)cc1. The number of sulfone groups is 1. The van der Waals surface area contributed by atoms with Crippen LogP contribution >= 0.6 is 0 Å². The second-order valence-corrected chi connectivity index (χ2v) is 13.1. The number of amides is 2. The smallest absolute Gasteiger partial charge is 0.265 e. The summed E-state index contributed by atoms with van der Waals surface area (Å²) in [6.07, 6.45) is 3.47. The summed E-state index contributed by atoms with van der Waals surface area (Å²) in [7, 11) is -2.32. The van der Waals surface area contributed by atoms with Crippen LogP contribution in [-0.4, -0.2) is 74.6 Å². The van der Waals surface area contributed by atoms with Crippen LogP contribution in [0.1, 0.15) is 51.5 Å². The Morgan fingerprint density at radius 2 is 1.82 bits per heavy atom. The van der Waals surface area contributed by atoms with E-state index in [-0.39, 0.29) is 36.9 Å². The summed E-state index contributed by atoms with van der Waals surface area (Å²) in [4.78, 5) is 37.3. The molecule has 2 aromatic rings. The van der Waals surface area contributed by atoms with Crippen LogP contribution in [0.25, 0.3) is 11.3 Å². The highest BCUT2D eigenvalue weighted by molar-refractivity contribution is 7.93. The first-order valence-corrected chi connectivity index (χ1v) is 15.3. The van der Waals surface area contributed by atoms with Gasteiger partial charge in [-0.1, -0.05) is 38.1 Å². The predicted octanol–water partition coefficient (Wildman–Crippen LogP) is 3.30. The van der Waals surface area contributed by atoms with Gasteiger partial charge < -0.3 is 14.4 Å². The van der Waals surface area contributed by atoms with Crippen LogP contribution in [0.3, 0.4) is 0 Å². The minimum absolute atomic E-state index is 0.00431. The second kappa shape index (κ2) is 13.2. The Morgan fingerprint density at radius 3 is 2.42 bits per heavy atom. The fraction of sp³-hybridized carbons (Fsp3) is 0.552. The van der Waals surface area contributed by atoms with Gasteiger partial charge in [0.2, 0.25) is 5.91 Å². The summed E-state index contributed by atoms with van der Waals surface area (Å²) in [6.45, 7) is 5.66. The summed E-state index contributed by atoms with van der Waals surface area (Å²) in [6, 6.07) is 10.6. The number of pyridine rings is 1. The van der Waals surface area contributed by atoms with Crippen molar-refractivity contribution < 1.29 is 32.3 Å². The molecule has 11 heteroatoms. The van der Waals surface area contributed by atoms with Crippen LogP contribution < -0.4 is 5.48 Å². The van der Waals surface area contributed by atoms with Gasteiger partial charge in [-0.15, -0.1) is 0 Å². The number of benzene rings is 1. The molecule has 40 heavy (non-hydrogen) atoms. The van der Waals surface area contributed by atoms with E-state index in [0.717, 1.165) is 24.0 Å². The van der Waals surface area contributed by atoms with Crippen molar-refractivity contribution in [3.63, 3.8) is 0 Å². The molecule has 1 aromatic carbocycles. The quantitative estimate of drug-likeness (QED) is 0.430. The highest BCUT2D eigenvalue weighted by Gasteiger charge is 2.52. The monoisotopic (exact) mass is 573 g/mol. The van der Waals surface area contributed by atoms with Gasteiger partial charge in [-0.2, -0.15) is 0 Å². The molecule has 10 nitrogen and oxygen atoms in total. The van der Waals surface area contributed by atoms with E-state index in [0.29, 0.717) is 37.6 Å². The third kappa shape index (κ3) is 6.88. The van der Waals surface area contributed by atoms with Gasteiger partial charge in [-0.25, -0.2) is 18.7 Å². The molecule has 1 N–H and O–H groups in total. The molecule has 2 aliphatic heterocycles. The number of nitrogens with one attached hydrogen (secondary N) is 1. The summed E-state index contributed by atoms with van der Waals surface area (Å²) in [5.41, 5.74) is 4.62. The van der Waals surface area contributed by atoms with E-state index in [1.54, 1.807) is 11.0 Å². The number of ether oxygens (including phenoxy) is 2. The molecule has 4 rings (SSSR count). The van der Waals surface area contributed by atoms with E-state index in [2.05, 4.69) is 24.3 Å². The van der Waals surface area contributed by atoms with Gasteiger partial charge in [0.1, 0.15) is 0 Å². The first-order chi connectivity index (χ1) is 19.1. The largest absolute Gasteiger partial charge is 0.381 e. The Kier molecular flexibility index (Phi) is 9.94. The van der Waals surface area contributed by atoms with Crippen LogP contribution in [0.2, 0.25) is 0 Å². The van der Waals surface area contributed by atoms with Crippen LogP contribution in [-0.2, 0) is 40.2 Å². The molecule has 2 fully saturated rings. The zero-order valence-electron chi connectivity index (χ0n) is 23.4. The Bertz CT molecular complexity index is 1250. The van der Waals surface area contributed by atoms with Gasteiger partial charge in [-0.3, -0.25) is 14.6 Å². The lowest BCUT2D eigenvalue weighted by atomic mass is 9.98. The molecule has 0 bridgehead atoms. The fourth-order valence-corrected chi connectivity index (χ4v) is 6.90. The molecule has 1 aromatic heterocycles. The fourth-order valence-electron chi connectivity index (χ4n) is 5.02. The van der Waals surface area contributed by atoms with Gasteiger partial charge in [-0.05, 0) is 49.3 Å². The van der Waals surface area contributed by atoms with Gasteiger partial charge in [0.25, 0.3) is 5.91 Å². The maximum atomic E-state index is 13.8. The first-order valence-electron chi connectivity index (χ1n) is 13.8. The average Bonchev–Trinajstić information content (AvgIpc) is 2.97. The molecule has 0 spiro atoms. The molecule has 0 radical (unpaired) electrons. The standard InChI is InChI=1S/C29H39N3O7S/c1-21(2)20-32(3)26(33)18-22-7-9-23(10-8-22)25-12-11-24(19-30-25)40(35,36)29(13-16-37-17-14-29)28(34)31-39-27-6-4-5-15-38-27/h7-12,19,21,27H,4-6,13-18,20H2,1-3H3,(H,31,34). The molecular formula is C29H39N3O7S. The molecule has 1 atom stereocenters. The molecule has 218 valence electrons. The number of nitrogens with zero attached hydrogens (tertiary/aromatic N) is 2. The van der Waals surface area contributed by atoms with Gasteiger partial charge in [0.05, 0.1) is 17.0 Å². The van der Waals surface area contributed by atoms with Gasteiger partial charge >= 0.3 is 0 Å². The molecule has 0 saturated carbocycles. The van der Waals surface area contributed by atoms with Crippen molar-refractivity contribution in [2.45, 2.75) is 68.3 Å². The molecule has 3 heterocycles. The van der Waals surface area contributed by atoms with E-state index in [9.17, 15) is 18.0 Å². The van der Waals surface area contributed by atoms with Crippen molar-refractivity contribution >= 4 is 21.7 Å². The van der Waals surface area contributed by atoms with Gasteiger partial charge in [0, 0.05) is 51.6 Å². The van der Waals surface area contributed by atoms with Crippen molar-refractivity contribution in [1.29, 1.82) is 0 Å². The highest BCUT2D eigenvalue weighted by atomic mass is 32.2. The summed E-state index contributed by atoms with van der Waals surface area (Å²) in [5, 5.41) is 0. The Balaban J connectivity index is 1.47. The third-order valence-corrected chi connectivity index (χ3v) is 9.85. The maximum Gasteiger partial charge on any atom is 0.265 e. The second-order valence-electron chi connectivity index (χ2n) is 10.9. The van der Waals surface area contributed by atoms with E-state index in [1.807, 2.05) is 31.3 Å². The zero-order chi connectivity index (χ0) is 28.8. The van der Waals surface area contributed by atoms with Crippen molar-refractivity contribution in [3.05, 3.63) is 48.2 Å². The van der Waals surface area contributed by atoms with Crippen molar-refractivity contribution in [2.24, 2.45) is 5.92 Å². The molecular weight excluding hydrogens is 534 g/mol. The summed E-state index contributed by atoms with van der Waals surface area (Å²) >= 11 is 0. The number of aromatic nitrogens is 1. The number of carbonyl (C=O) groups excluding carboxylic acids is 2. The minimum atomic E-state index is -4.13. The number of hydrogen-bond acceptors (Lipinski definition) is 8. The molecule has 2 saturated heterocycles. The van der Waals surface area contributed by atoms with E-state index >= 15 is 0 Å². The van der Waals surface area contributed by atoms with E-state index < -0.39 is 26.8 Å². The Labute approximate surface area is 236 Å². The van der Waals surface area contributed by atoms with Crippen LogP contribution in [0.4, 0.5) is 0 Å². The topological polar surface area (TPSA) is 124 Å². The lowest BCUT2D eigenvalue weighted by Gasteiger charge is -2.35. The first kappa shape index (κ1) is 30.1. The van der Waals surface area contributed by atoms with E-state index in [4.69, 9.17) is 14.3 Å². The van der Waals surface area contributed by atoms with Crippen LogP contribution in [0, 0.1) is 5.92 Å². The molecule has 2 amide bonds. The van der Waals surface area contributed by atoms with Crippen LogP contribution in [0.5, 0.6) is 0 Å². The van der Waals surface area contributed by atoms with Crippen LogP contribution in [0.15, 0.2) is 47.5 Å². The zero-order valence-corrected chi connectivity index (χ0v) is 24.2. The van der Waals surface area contributed by atoms with Crippen molar-refractivity contribution in [2.75, 3.05) is 33.4 Å². The van der Waals surface area contributed by atoms with Crippen molar-refractivity contribution in [1.82, 2.24) is 15.4 Å². The number of hydroxylamine groups is 1. The highest BCUT2D eigenvalue weighted by Crippen LogP contribution is 2.36. The third-order valence-electron chi connectivity index (χ3n) is 7.37. The normalized spacial score (nSPS) is 19.2. The Morgan fingerprint density at radius 1 is 1.10 bits per heavy atom. The van der Waals surface area contributed by atoms with E-state index in [1.165, 1.54) is 12.3 Å². The summed E-state index contributed by atoms with van der Waals surface area (Å²) < 4.78 is 36.8. The average molecular weight is 574 g/mol.